The van der Waals surface area contributed by atoms with Crippen LogP contribution in [0.2, 0.25) is 0 Å². The first-order valence-electron chi connectivity index (χ1n) is 20.4. The van der Waals surface area contributed by atoms with E-state index in [4.69, 9.17) is 17.0 Å². The molecule has 0 saturated carbocycles. The number of nitrogens with one attached hydrogen (secondary N) is 2. The van der Waals surface area contributed by atoms with Crippen LogP contribution >= 0.6 is 17.0 Å². The van der Waals surface area contributed by atoms with Crippen LogP contribution < -0.4 is 10.5 Å². The van der Waals surface area contributed by atoms with Crippen molar-refractivity contribution in [3.63, 3.8) is 0 Å². The zero-order chi connectivity index (χ0) is 43.1. The molecule has 2 N–H and O–H groups in total. The molecule has 4 nitrogen and oxygen atoms in total. The Morgan fingerprint density at radius 1 is 0.603 bits per heavy atom. The van der Waals surface area contributed by atoms with E-state index in [1.807, 2.05) is 0 Å². The molecule has 0 atom stereocenters. The van der Waals surface area contributed by atoms with Crippen LogP contribution in [0.5, 0.6) is 0 Å². The van der Waals surface area contributed by atoms with Crippen LogP contribution in [0.15, 0.2) is 84.9 Å². The second-order valence-electron chi connectivity index (χ2n) is 16.1. The van der Waals surface area contributed by atoms with Crippen LogP contribution in [0.25, 0.3) is 43.8 Å². The summed E-state index contributed by atoms with van der Waals surface area (Å²) in [6.45, 7) is 25.9. The van der Waals surface area contributed by atoms with E-state index >= 15 is 0 Å². The Kier molecular flexibility index (Phi) is 20.2. The van der Waals surface area contributed by atoms with Crippen molar-refractivity contribution in [1.29, 1.82) is 0 Å². The molecule has 2 amide bonds. The standard InChI is InChI=1S/2C22H25.C6H12BN2O2.2ClH.Zr/c2*1-14(2)9-18-12-19-7-6-8-20(22(19)13-18)21-11-15(3)10-16(4)17(21)5;1-3-5(10)8-7-9-6(11)4-2;;;/h2*6-8,10-14H,9H2,1-5H3;3-4H2,1-2H3,(H,8,10)(H,9,11);2*1H;/q2*-1;;;;+4/p-2. The summed E-state index contributed by atoms with van der Waals surface area (Å²) in [6, 6.07) is 32.1. The predicted molar refractivity (Wildman–Crippen MR) is 250 cm³/mol. The Bertz CT molecular complexity index is 2110. The molecular formula is C50H62BCl2N2O2Zr. The minimum atomic E-state index is -0.826. The molecule has 0 aromatic heterocycles. The van der Waals surface area contributed by atoms with E-state index in [1.165, 1.54) is 95.9 Å². The van der Waals surface area contributed by atoms with Gasteiger partial charge in [-0.15, -0.1) is 69.1 Å². The topological polar surface area (TPSA) is 58.2 Å². The molecule has 6 aromatic carbocycles. The van der Waals surface area contributed by atoms with Crippen LogP contribution in [0.1, 0.15) is 98.9 Å². The number of rotatable bonds is 10. The molecule has 6 rings (SSSR count). The summed E-state index contributed by atoms with van der Waals surface area (Å²) in [6.07, 6.45) is 3.14. The molecule has 0 fully saturated rings. The van der Waals surface area contributed by atoms with Crippen LogP contribution in [-0.2, 0) is 43.3 Å². The van der Waals surface area contributed by atoms with Crippen LogP contribution in [-0.4, -0.2) is 19.4 Å². The molecule has 8 heteroatoms. The first-order valence-corrected chi connectivity index (χ1v) is 26.8. The Morgan fingerprint density at radius 3 is 1.29 bits per heavy atom. The Labute approximate surface area is 368 Å². The number of halogens is 2. The monoisotopic (exact) mass is 893 g/mol. The number of carbonyl (C=O) groups is 2. The predicted octanol–water partition coefficient (Wildman–Crippen LogP) is 13.6. The molecule has 1 radical (unpaired) electrons. The molecule has 0 aliphatic rings. The van der Waals surface area contributed by atoms with E-state index < -0.39 is 20.8 Å². The van der Waals surface area contributed by atoms with Gasteiger partial charge in [-0.25, -0.2) is 0 Å². The summed E-state index contributed by atoms with van der Waals surface area (Å²) in [5.74, 6) is 1.18. The van der Waals surface area contributed by atoms with Crippen molar-refractivity contribution < 1.29 is 30.4 Å². The molecule has 0 heterocycles. The Hall–Kier alpha value is -3.43. The van der Waals surface area contributed by atoms with Crippen molar-refractivity contribution >= 4 is 57.9 Å². The molecule has 0 aliphatic heterocycles. The zero-order valence-corrected chi connectivity index (χ0v) is 40.7. The van der Waals surface area contributed by atoms with E-state index in [0.717, 1.165) is 12.8 Å². The van der Waals surface area contributed by atoms with E-state index in [2.05, 4.69) is 165 Å². The van der Waals surface area contributed by atoms with Gasteiger partial charge in [-0.3, -0.25) is 9.59 Å². The zero-order valence-electron chi connectivity index (χ0n) is 36.7. The maximum absolute atomic E-state index is 10.6. The molecule has 0 spiro atoms. The molecule has 0 saturated heterocycles. The van der Waals surface area contributed by atoms with Gasteiger partial charge >= 0.3 is 45.4 Å². The molecule has 0 aliphatic carbocycles. The fourth-order valence-corrected chi connectivity index (χ4v) is 7.28. The maximum atomic E-state index is 10.6. The number of hydrogen-bond donors (Lipinski definition) is 2. The number of benzene rings is 4. The van der Waals surface area contributed by atoms with Gasteiger partial charge in [0.25, 0.3) is 0 Å². The van der Waals surface area contributed by atoms with Crippen LogP contribution in [0.4, 0.5) is 0 Å². The van der Waals surface area contributed by atoms with E-state index in [0.29, 0.717) is 24.7 Å². The first kappa shape index (κ1) is 48.9. The quantitative estimate of drug-likeness (QED) is 0.106. The van der Waals surface area contributed by atoms with Crippen LogP contribution in [0, 0.1) is 53.4 Å². The number of aryl methyl sites for hydroxylation is 4. The van der Waals surface area contributed by atoms with Gasteiger partial charge in [0.1, 0.15) is 0 Å². The first-order chi connectivity index (χ1) is 27.5. The second-order valence-corrected chi connectivity index (χ2v) is 19.8. The van der Waals surface area contributed by atoms with Crippen molar-refractivity contribution in [1.82, 2.24) is 10.5 Å². The normalized spacial score (nSPS) is 10.6. The van der Waals surface area contributed by atoms with Gasteiger partial charge in [0, 0.05) is 12.8 Å². The second kappa shape index (κ2) is 24.0. The minimum absolute atomic E-state index is 0.110. The third-order valence-corrected chi connectivity index (χ3v) is 10.2. The molecule has 58 heavy (non-hydrogen) atoms. The summed E-state index contributed by atoms with van der Waals surface area (Å²) in [4.78, 5) is 21.2. The van der Waals surface area contributed by atoms with Crippen LogP contribution in [0.3, 0.4) is 0 Å². The van der Waals surface area contributed by atoms with Gasteiger partial charge in [-0.2, -0.15) is 12.1 Å². The molecular weight excluding hydrogens is 834 g/mol. The number of amides is 2. The van der Waals surface area contributed by atoms with E-state index in [-0.39, 0.29) is 11.8 Å². The average molecular weight is 896 g/mol. The van der Waals surface area contributed by atoms with Crippen molar-refractivity contribution in [2.24, 2.45) is 11.8 Å². The third kappa shape index (κ3) is 14.4. The molecule has 305 valence electrons. The van der Waals surface area contributed by atoms with E-state index in [9.17, 15) is 9.59 Å². The number of carbonyl (C=O) groups excluding carboxylic acids is 2. The fourth-order valence-electron chi connectivity index (χ4n) is 7.28. The van der Waals surface area contributed by atoms with Gasteiger partial charge in [0.2, 0.25) is 11.8 Å². The summed E-state index contributed by atoms with van der Waals surface area (Å²) in [7, 11) is 11.1. The van der Waals surface area contributed by atoms with Crippen molar-refractivity contribution in [2.45, 2.75) is 109 Å². The Morgan fingerprint density at radius 2 is 0.966 bits per heavy atom. The van der Waals surface area contributed by atoms with Gasteiger partial charge < -0.3 is 10.5 Å². The van der Waals surface area contributed by atoms with Gasteiger partial charge in [-0.1, -0.05) is 100 Å². The van der Waals surface area contributed by atoms with Crippen molar-refractivity contribution in [2.75, 3.05) is 0 Å². The average Bonchev–Trinajstić information content (AvgIpc) is 3.77. The SMILES string of the molecule is CCC(=O)N[B]NC(=O)CC.Cc1cc(C)c(C)c(-c2cccc3[cH-]c(CC(C)C)cc23)c1.Cc1cc(C)c(C)c(-c2cccc3[cH-]c(CC(C)C)cc23)c1.[Cl][Zr+2][Cl]. The summed E-state index contributed by atoms with van der Waals surface area (Å²) in [5, 5.41) is 10.3. The summed E-state index contributed by atoms with van der Waals surface area (Å²) < 4.78 is 0. The van der Waals surface area contributed by atoms with Gasteiger partial charge in [-0.05, 0) is 99.6 Å². The van der Waals surface area contributed by atoms with Crippen molar-refractivity contribution in [3.05, 3.63) is 129 Å². The summed E-state index contributed by atoms with van der Waals surface area (Å²) in [5.41, 5.74) is 16.6. The van der Waals surface area contributed by atoms with Crippen molar-refractivity contribution in [3.8, 4) is 22.3 Å². The third-order valence-electron chi connectivity index (χ3n) is 10.2. The number of hydrogen-bond acceptors (Lipinski definition) is 2. The molecule has 0 unspecified atom stereocenters. The summed E-state index contributed by atoms with van der Waals surface area (Å²) >= 11 is -0.826. The van der Waals surface area contributed by atoms with Gasteiger partial charge in [0.05, 0.1) is 0 Å². The Balaban J connectivity index is 0.000000237. The fraction of sp³-hybridized carbons (Fsp3) is 0.360. The molecule has 6 aromatic rings. The van der Waals surface area contributed by atoms with Gasteiger partial charge in [0.15, 0.2) is 0 Å². The molecule has 0 bridgehead atoms. The van der Waals surface area contributed by atoms with E-state index in [1.54, 1.807) is 13.8 Å². The number of fused-ring (bicyclic) bond motifs is 2.